The van der Waals surface area contributed by atoms with E-state index in [0.29, 0.717) is 28.0 Å². The van der Waals surface area contributed by atoms with Gasteiger partial charge < -0.3 is 9.47 Å². The molecule has 1 aliphatic heterocycles. The van der Waals surface area contributed by atoms with Crippen LogP contribution in [0.25, 0.3) is 21.3 Å². The van der Waals surface area contributed by atoms with Gasteiger partial charge in [-0.25, -0.2) is 9.67 Å². The first-order valence-corrected chi connectivity index (χ1v) is 12.3. The lowest BCUT2D eigenvalue weighted by Gasteiger charge is -2.27. The van der Waals surface area contributed by atoms with Crippen molar-refractivity contribution in [1.29, 1.82) is 0 Å². The van der Waals surface area contributed by atoms with Crippen LogP contribution in [0.4, 0.5) is 5.13 Å². The molecule has 0 bridgehead atoms. The van der Waals surface area contributed by atoms with E-state index in [2.05, 4.69) is 15.2 Å². The van der Waals surface area contributed by atoms with E-state index in [1.807, 2.05) is 24.3 Å². The number of methoxy groups -OCH3 is 1. The van der Waals surface area contributed by atoms with Crippen LogP contribution in [0.1, 0.15) is 6.42 Å². The van der Waals surface area contributed by atoms with Crippen molar-refractivity contribution in [1.82, 2.24) is 24.9 Å². The summed E-state index contributed by atoms with van der Waals surface area (Å²) in [5.41, 5.74) is 2.23. The average molecular weight is 501 g/mol. The summed E-state index contributed by atoms with van der Waals surface area (Å²) in [7, 11) is 1.60. The maximum absolute atomic E-state index is 13.6. The number of aromatic nitrogens is 4. The van der Waals surface area contributed by atoms with Crippen molar-refractivity contribution >= 4 is 55.2 Å². The van der Waals surface area contributed by atoms with Crippen LogP contribution in [0.2, 0.25) is 5.02 Å². The average Bonchev–Trinajstić information content (AvgIpc) is 3.48. The van der Waals surface area contributed by atoms with Crippen molar-refractivity contribution in [2.24, 2.45) is 0 Å². The maximum atomic E-state index is 13.6. The van der Waals surface area contributed by atoms with Gasteiger partial charge in [0.25, 0.3) is 5.91 Å². The molecule has 0 N–H and O–H groups in total. The zero-order valence-electron chi connectivity index (χ0n) is 18.8. The highest BCUT2D eigenvalue weighted by atomic mass is 35.5. The minimum atomic E-state index is -0.105. The predicted molar refractivity (Wildman–Crippen MR) is 133 cm³/mol. The smallest absolute Gasteiger partial charge is 0.250 e. The third kappa shape index (κ3) is 4.72. The number of hydrogen-bond acceptors (Lipinski definition) is 8. The van der Waals surface area contributed by atoms with Gasteiger partial charge in [0.1, 0.15) is 23.3 Å². The normalized spacial score (nSPS) is 14.6. The molecule has 178 valence electrons. The third-order valence-corrected chi connectivity index (χ3v) is 7.40. The molecule has 0 spiro atoms. The van der Waals surface area contributed by atoms with Crippen molar-refractivity contribution in [2.75, 3.05) is 51.4 Å². The number of hydrogen-bond donors (Lipinski definition) is 0. The van der Waals surface area contributed by atoms with Gasteiger partial charge in [-0.2, -0.15) is 0 Å². The number of ether oxygens (including phenoxy) is 2. The molecule has 3 heterocycles. The topological polar surface area (TPSA) is 85.6 Å². The second-order valence-electron chi connectivity index (χ2n) is 8.01. The zero-order chi connectivity index (χ0) is 23.5. The lowest BCUT2D eigenvalue weighted by Crippen LogP contribution is -2.40. The molecular weight excluding hydrogens is 476 g/mol. The molecule has 9 nitrogen and oxygen atoms in total. The van der Waals surface area contributed by atoms with Gasteiger partial charge in [0.15, 0.2) is 5.13 Å². The van der Waals surface area contributed by atoms with E-state index in [4.69, 9.17) is 26.1 Å². The standard InChI is InChI=1S/C23H25ClN6O3S/c1-32-19-8-7-16(24)22-21(19)25-23(34-22)29(10-4-9-28-11-13-33-14-12-28)20(31)15-30-18-6-3-2-5-17(18)26-27-30/h2-3,5-8H,4,9-15H2,1H3. The van der Waals surface area contributed by atoms with Crippen molar-refractivity contribution in [3.8, 4) is 5.75 Å². The summed E-state index contributed by atoms with van der Waals surface area (Å²) in [5, 5.41) is 9.54. The number of thiazole rings is 1. The van der Waals surface area contributed by atoms with Gasteiger partial charge in [-0.3, -0.25) is 14.6 Å². The number of anilines is 1. The minimum Gasteiger partial charge on any atom is -0.494 e. The van der Waals surface area contributed by atoms with E-state index in [1.165, 1.54) is 11.3 Å². The van der Waals surface area contributed by atoms with Crippen LogP contribution in [0.5, 0.6) is 5.75 Å². The van der Waals surface area contributed by atoms with Crippen LogP contribution in [0.15, 0.2) is 36.4 Å². The molecule has 0 aliphatic carbocycles. The second-order valence-corrected chi connectivity index (χ2v) is 9.40. The predicted octanol–water partition coefficient (Wildman–Crippen LogP) is 3.46. The summed E-state index contributed by atoms with van der Waals surface area (Å²) in [6.45, 7) is 4.80. The fourth-order valence-corrected chi connectivity index (χ4v) is 5.37. The Hall–Kier alpha value is -2.79. The molecule has 5 rings (SSSR count). The first-order chi connectivity index (χ1) is 16.6. The van der Waals surface area contributed by atoms with Crippen molar-refractivity contribution in [2.45, 2.75) is 13.0 Å². The number of para-hydroxylation sites is 1. The second kappa shape index (κ2) is 10.2. The Morgan fingerprint density at radius 1 is 1.24 bits per heavy atom. The summed E-state index contributed by atoms with van der Waals surface area (Å²) < 4.78 is 13.3. The van der Waals surface area contributed by atoms with Gasteiger partial charge in [-0.1, -0.05) is 40.3 Å². The number of rotatable bonds is 8. The summed E-state index contributed by atoms with van der Waals surface area (Å²) in [5.74, 6) is 0.525. The van der Waals surface area contributed by atoms with E-state index < -0.39 is 0 Å². The fourth-order valence-electron chi connectivity index (χ4n) is 4.07. The van der Waals surface area contributed by atoms with Crippen LogP contribution in [-0.2, 0) is 16.1 Å². The molecule has 11 heteroatoms. The van der Waals surface area contributed by atoms with E-state index in [0.717, 1.165) is 55.0 Å². The van der Waals surface area contributed by atoms with Crippen molar-refractivity contribution in [3.05, 3.63) is 41.4 Å². The Kier molecular flexibility index (Phi) is 6.91. The van der Waals surface area contributed by atoms with E-state index >= 15 is 0 Å². The molecule has 1 amide bonds. The van der Waals surface area contributed by atoms with Gasteiger partial charge >= 0.3 is 0 Å². The number of carbonyl (C=O) groups is 1. The monoisotopic (exact) mass is 500 g/mol. The highest BCUT2D eigenvalue weighted by molar-refractivity contribution is 7.23. The molecule has 0 radical (unpaired) electrons. The zero-order valence-corrected chi connectivity index (χ0v) is 20.4. The number of morpholine rings is 1. The Bertz CT molecular complexity index is 1300. The Balaban J connectivity index is 1.42. The molecule has 0 atom stereocenters. The van der Waals surface area contributed by atoms with E-state index in [-0.39, 0.29) is 12.5 Å². The molecule has 2 aromatic carbocycles. The van der Waals surface area contributed by atoms with Gasteiger partial charge in [0.05, 0.1) is 35.6 Å². The quantitative estimate of drug-likeness (QED) is 0.366. The molecule has 1 fully saturated rings. The fraction of sp³-hybridized carbons (Fsp3) is 0.391. The minimum absolute atomic E-state index is 0.0683. The van der Waals surface area contributed by atoms with Crippen LogP contribution in [0.3, 0.4) is 0 Å². The highest BCUT2D eigenvalue weighted by Gasteiger charge is 2.23. The number of nitrogens with zero attached hydrogens (tertiary/aromatic N) is 6. The third-order valence-electron chi connectivity index (χ3n) is 5.86. The molecule has 1 aliphatic rings. The SMILES string of the molecule is COc1ccc(Cl)c2sc(N(CCCN3CCOCC3)C(=O)Cn3nnc4ccccc43)nc12. The van der Waals surface area contributed by atoms with Gasteiger partial charge in [-0.05, 0) is 30.7 Å². The van der Waals surface area contributed by atoms with Crippen LogP contribution in [0, 0.1) is 0 Å². The Labute approximate surface area is 205 Å². The molecule has 0 saturated carbocycles. The van der Waals surface area contributed by atoms with Crippen LogP contribution < -0.4 is 9.64 Å². The summed E-state index contributed by atoms with van der Waals surface area (Å²) >= 11 is 7.84. The van der Waals surface area contributed by atoms with Crippen LogP contribution in [-0.4, -0.2) is 77.3 Å². The van der Waals surface area contributed by atoms with Crippen molar-refractivity contribution in [3.63, 3.8) is 0 Å². The maximum Gasteiger partial charge on any atom is 0.250 e. The lowest BCUT2D eigenvalue weighted by molar-refractivity contribution is -0.119. The molecule has 4 aromatic rings. The van der Waals surface area contributed by atoms with E-state index in [1.54, 1.807) is 28.8 Å². The Morgan fingerprint density at radius 2 is 2.06 bits per heavy atom. The molecule has 2 aromatic heterocycles. The Morgan fingerprint density at radius 3 is 2.88 bits per heavy atom. The number of benzene rings is 2. The highest BCUT2D eigenvalue weighted by Crippen LogP contribution is 2.38. The number of amides is 1. The van der Waals surface area contributed by atoms with Gasteiger partial charge in [0, 0.05) is 26.2 Å². The van der Waals surface area contributed by atoms with E-state index in [9.17, 15) is 4.79 Å². The molecule has 1 saturated heterocycles. The van der Waals surface area contributed by atoms with Crippen molar-refractivity contribution < 1.29 is 14.3 Å². The summed E-state index contributed by atoms with van der Waals surface area (Å²) in [6.07, 6.45) is 0.810. The van der Waals surface area contributed by atoms with Gasteiger partial charge in [0.2, 0.25) is 0 Å². The molecular formula is C23H25ClN6O3S. The summed E-state index contributed by atoms with van der Waals surface area (Å²) in [4.78, 5) is 22.4. The largest absolute Gasteiger partial charge is 0.494 e. The first-order valence-electron chi connectivity index (χ1n) is 11.2. The number of fused-ring (bicyclic) bond motifs is 2. The number of halogens is 1. The lowest BCUT2D eigenvalue weighted by atomic mass is 10.3. The molecule has 0 unspecified atom stereocenters. The van der Waals surface area contributed by atoms with Crippen LogP contribution >= 0.6 is 22.9 Å². The first kappa shape index (κ1) is 23.0. The van der Waals surface area contributed by atoms with Gasteiger partial charge in [-0.15, -0.1) is 5.10 Å². The number of carbonyl (C=O) groups excluding carboxylic acids is 1. The molecule has 34 heavy (non-hydrogen) atoms. The summed E-state index contributed by atoms with van der Waals surface area (Å²) in [6, 6.07) is 11.2.